The molecular weight excluding hydrogens is 356 g/mol. The van der Waals surface area contributed by atoms with E-state index < -0.39 is 6.10 Å². The zero-order chi connectivity index (χ0) is 19.9. The first-order valence-corrected chi connectivity index (χ1v) is 9.69. The number of aliphatic hydroxyl groups excluding tert-OH is 1. The summed E-state index contributed by atoms with van der Waals surface area (Å²) < 4.78 is 10.9. The Labute approximate surface area is 166 Å². The van der Waals surface area contributed by atoms with E-state index in [1.54, 1.807) is 31.4 Å². The maximum Gasteiger partial charge on any atom is 0.159 e. The largest absolute Gasteiger partial charge is 0.497 e. The van der Waals surface area contributed by atoms with Crippen molar-refractivity contribution in [3.05, 3.63) is 54.1 Å². The molecule has 1 aliphatic rings. The number of nitrogens with one attached hydrogen (secondary N) is 1. The Balaban J connectivity index is 1.40. The fourth-order valence-electron chi connectivity index (χ4n) is 3.45. The Morgan fingerprint density at radius 2 is 1.68 bits per heavy atom. The predicted octanol–water partition coefficient (Wildman–Crippen LogP) is 1.04. The van der Waals surface area contributed by atoms with Crippen LogP contribution in [0.25, 0.3) is 0 Å². The summed E-state index contributed by atoms with van der Waals surface area (Å²) in [7, 11) is 1.67. The highest BCUT2D eigenvalue weighted by atomic mass is 16.5. The van der Waals surface area contributed by atoms with E-state index in [-0.39, 0.29) is 12.4 Å². The van der Waals surface area contributed by atoms with Crippen LogP contribution in [0.15, 0.2) is 48.5 Å². The number of piperazine rings is 1. The lowest BCUT2D eigenvalue weighted by Gasteiger charge is -2.34. The number of aliphatic hydroxyl groups is 1. The van der Waals surface area contributed by atoms with Gasteiger partial charge in [-0.3, -0.25) is 4.79 Å². The molecule has 0 radical (unpaired) electrons. The molecular formula is C22H29N2O4+. The number of rotatable bonds is 8. The van der Waals surface area contributed by atoms with E-state index in [2.05, 4.69) is 17.0 Å². The molecule has 0 aliphatic carbocycles. The van der Waals surface area contributed by atoms with Crippen LogP contribution in [-0.2, 0) is 0 Å². The van der Waals surface area contributed by atoms with Crippen molar-refractivity contribution in [2.45, 2.75) is 13.0 Å². The second kappa shape index (κ2) is 9.57. The number of benzene rings is 2. The van der Waals surface area contributed by atoms with Crippen molar-refractivity contribution in [2.75, 3.05) is 51.3 Å². The molecule has 3 rings (SSSR count). The number of Topliss-reactive ketones (excluding diaryl/α,β-unsaturated/α-hetero) is 1. The maximum atomic E-state index is 11.3. The number of carbonyl (C=O) groups is 1. The Bertz CT molecular complexity index is 753. The Morgan fingerprint density at radius 3 is 2.25 bits per heavy atom. The highest BCUT2D eigenvalue weighted by Gasteiger charge is 2.23. The fourth-order valence-corrected chi connectivity index (χ4v) is 3.45. The van der Waals surface area contributed by atoms with Gasteiger partial charge in [-0.1, -0.05) is 0 Å². The molecule has 0 saturated carbocycles. The van der Waals surface area contributed by atoms with Gasteiger partial charge in [0.05, 0.1) is 33.3 Å². The van der Waals surface area contributed by atoms with Crippen molar-refractivity contribution >= 4 is 11.5 Å². The van der Waals surface area contributed by atoms with Crippen molar-refractivity contribution in [1.29, 1.82) is 0 Å². The van der Waals surface area contributed by atoms with E-state index in [9.17, 15) is 9.90 Å². The third-order valence-corrected chi connectivity index (χ3v) is 5.14. The zero-order valence-electron chi connectivity index (χ0n) is 16.6. The van der Waals surface area contributed by atoms with Crippen LogP contribution in [0.1, 0.15) is 17.3 Å². The number of ether oxygens (including phenoxy) is 2. The summed E-state index contributed by atoms with van der Waals surface area (Å²) in [5, 5.41) is 10.3. The maximum absolute atomic E-state index is 11.3. The SMILES string of the molecule is COc1ccc(N2CC[NH+](C[C@H](O)COc3ccc(C(C)=O)cc3)CC2)cc1. The van der Waals surface area contributed by atoms with Gasteiger partial charge in [-0.25, -0.2) is 0 Å². The molecule has 6 heteroatoms. The molecule has 0 bridgehead atoms. The summed E-state index contributed by atoms with van der Waals surface area (Å²) in [5.41, 5.74) is 1.87. The first-order chi connectivity index (χ1) is 13.5. The summed E-state index contributed by atoms with van der Waals surface area (Å²) in [6.07, 6.45) is -0.518. The molecule has 1 heterocycles. The molecule has 0 unspecified atom stereocenters. The van der Waals surface area contributed by atoms with Gasteiger partial charge in [0.25, 0.3) is 0 Å². The number of carbonyl (C=O) groups excluding carboxylic acids is 1. The lowest BCUT2D eigenvalue weighted by molar-refractivity contribution is -0.903. The number of quaternary nitrogens is 1. The van der Waals surface area contributed by atoms with E-state index in [0.29, 0.717) is 17.9 Å². The van der Waals surface area contributed by atoms with Crippen molar-refractivity contribution < 1.29 is 24.3 Å². The quantitative estimate of drug-likeness (QED) is 0.665. The van der Waals surface area contributed by atoms with Gasteiger partial charge in [-0.15, -0.1) is 0 Å². The van der Waals surface area contributed by atoms with E-state index in [1.165, 1.54) is 17.5 Å². The average Bonchev–Trinajstić information content (AvgIpc) is 2.73. The summed E-state index contributed by atoms with van der Waals surface area (Å²) in [5.74, 6) is 1.57. The summed E-state index contributed by atoms with van der Waals surface area (Å²) in [6.45, 7) is 6.35. The van der Waals surface area contributed by atoms with Gasteiger partial charge in [-0.05, 0) is 55.5 Å². The minimum atomic E-state index is -0.518. The zero-order valence-corrected chi connectivity index (χ0v) is 16.6. The molecule has 28 heavy (non-hydrogen) atoms. The van der Waals surface area contributed by atoms with Gasteiger partial charge in [0.2, 0.25) is 0 Å². The van der Waals surface area contributed by atoms with Crippen LogP contribution in [0.4, 0.5) is 5.69 Å². The standard InChI is InChI=1S/C22H28N2O4/c1-17(25)18-3-7-22(8-4-18)28-16-20(26)15-23-11-13-24(14-12-23)19-5-9-21(27-2)10-6-19/h3-10,20,26H,11-16H2,1-2H3/p+1/t20-/m0/s1. The predicted molar refractivity (Wildman–Crippen MR) is 109 cm³/mol. The van der Waals surface area contributed by atoms with E-state index in [1.807, 2.05) is 12.1 Å². The van der Waals surface area contributed by atoms with E-state index in [0.717, 1.165) is 31.9 Å². The first kappa shape index (κ1) is 20.2. The summed E-state index contributed by atoms with van der Waals surface area (Å²) in [6, 6.07) is 15.2. The fraction of sp³-hybridized carbons (Fsp3) is 0.409. The number of hydrogen-bond acceptors (Lipinski definition) is 5. The Hall–Kier alpha value is -2.57. The molecule has 150 valence electrons. The molecule has 0 spiro atoms. The molecule has 6 nitrogen and oxygen atoms in total. The summed E-state index contributed by atoms with van der Waals surface area (Å²) >= 11 is 0. The topological polar surface area (TPSA) is 63.4 Å². The molecule has 0 amide bonds. The third-order valence-electron chi connectivity index (χ3n) is 5.14. The first-order valence-electron chi connectivity index (χ1n) is 9.69. The monoisotopic (exact) mass is 385 g/mol. The van der Waals surface area contributed by atoms with Gasteiger partial charge < -0.3 is 24.4 Å². The molecule has 0 aromatic heterocycles. The molecule has 2 N–H and O–H groups in total. The molecule has 1 aliphatic heterocycles. The molecule has 1 fully saturated rings. The van der Waals surface area contributed by atoms with E-state index >= 15 is 0 Å². The van der Waals surface area contributed by atoms with Crippen molar-refractivity contribution in [3.63, 3.8) is 0 Å². The highest BCUT2D eigenvalue weighted by molar-refractivity contribution is 5.94. The van der Waals surface area contributed by atoms with Crippen molar-refractivity contribution in [3.8, 4) is 11.5 Å². The van der Waals surface area contributed by atoms with Gasteiger partial charge in [-0.2, -0.15) is 0 Å². The normalized spacial score (nSPS) is 15.9. The number of anilines is 1. The number of methoxy groups -OCH3 is 1. The number of ketones is 1. The van der Waals surface area contributed by atoms with Crippen LogP contribution in [-0.4, -0.2) is 63.4 Å². The molecule has 1 saturated heterocycles. The molecule has 2 aromatic carbocycles. The average molecular weight is 385 g/mol. The Kier molecular flexibility index (Phi) is 6.90. The van der Waals surface area contributed by atoms with Crippen LogP contribution >= 0.6 is 0 Å². The number of nitrogens with zero attached hydrogens (tertiary/aromatic N) is 1. The van der Waals surface area contributed by atoms with Crippen molar-refractivity contribution in [2.24, 2.45) is 0 Å². The van der Waals surface area contributed by atoms with Gasteiger partial charge >= 0.3 is 0 Å². The summed E-state index contributed by atoms with van der Waals surface area (Å²) in [4.78, 5) is 15.0. The van der Waals surface area contributed by atoms with Crippen LogP contribution in [0.3, 0.4) is 0 Å². The van der Waals surface area contributed by atoms with Crippen LogP contribution in [0, 0.1) is 0 Å². The number of hydrogen-bond donors (Lipinski definition) is 2. The van der Waals surface area contributed by atoms with Crippen molar-refractivity contribution in [1.82, 2.24) is 0 Å². The van der Waals surface area contributed by atoms with Crippen LogP contribution < -0.4 is 19.3 Å². The van der Waals surface area contributed by atoms with E-state index in [4.69, 9.17) is 9.47 Å². The van der Waals surface area contributed by atoms with Gasteiger partial charge in [0.15, 0.2) is 5.78 Å². The van der Waals surface area contributed by atoms with Gasteiger partial charge in [0.1, 0.15) is 30.8 Å². The van der Waals surface area contributed by atoms with Gasteiger partial charge in [0, 0.05) is 11.3 Å². The lowest BCUT2D eigenvalue weighted by atomic mass is 10.1. The van der Waals surface area contributed by atoms with Crippen LogP contribution in [0.5, 0.6) is 11.5 Å². The minimum absolute atomic E-state index is 0.0315. The molecule has 1 atom stereocenters. The highest BCUT2D eigenvalue weighted by Crippen LogP contribution is 2.19. The Morgan fingerprint density at radius 1 is 1.07 bits per heavy atom. The second-order valence-corrected chi connectivity index (χ2v) is 7.18. The molecule has 2 aromatic rings. The smallest absolute Gasteiger partial charge is 0.159 e. The second-order valence-electron chi connectivity index (χ2n) is 7.18. The van der Waals surface area contributed by atoms with Crippen LogP contribution in [0.2, 0.25) is 0 Å². The third kappa shape index (κ3) is 5.47. The minimum Gasteiger partial charge on any atom is -0.497 e. The lowest BCUT2D eigenvalue weighted by Crippen LogP contribution is -3.16.